The van der Waals surface area contributed by atoms with E-state index in [2.05, 4.69) is 11.9 Å². The lowest BCUT2D eigenvalue weighted by Crippen LogP contribution is -2.10. The van der Waals surface area contributed by atoms with E-state index in [4.69, 9.17) is 0 Å². The summed E-state index contributed by atoms with van der Waals surface area (Å²) in [6.45, 7) is 2.30. The predicted octanol–water partition coefficient (Wildman–Crippen LogP) is 4.37. The largest absolute Gasteiger partial charge is 0.355 e. The van der Waals surface area contributed by atoms with Gasteiger partial charge >= 0.3 is 0 Å². The maximum atomic E-state index is 11.0. The molecule has 1 saturated carbocycles. The van der Waals surface area contributed by atoms with Gasteiger partial charge in [0.15, 0.2) is 0 Å². The van der Waals surface area contributed by atoms with Crippen molar-refractivity contribution in [3.63, 3.8) is 0 Å². The zero-order valence-corrected chi connectivity index (χ0v) is 11.1. The molecule has 1 N–H and O–H groups in total. The summed E-state index contributed by atoms with van der Waals surface area (Å²) in [5, 5.41) is 12.1. The summed E-state index contributed by atoms with van der Waals surface area (Å²) < 4.78 is 0. The summed E-state index contributed by atoms with van der Waals surface area (Å²) >= 11 is 0. The molecule has 19 heavy (non-hydrogen) atoms. The van der Waals surface area contributed by atoms with Crippen molar-refractivity contribution < 1.29 is 4.92 Å². The van der Waals surface area contributed by atoms with Crippen LogP contribution in [0.1, 0.15) is 44.1 Å². The lowest BCUT2D eigenvalue weighted by molar-refractivity contribution is -0.383. The first kappa shape index (κ1) is 12.2. The average Bonchev–Trinajstić information content (AvgIpc) is 2.83. The highest BCUT2D eigenvalue weighted by Crippen LogP contribution is 2.39. The molecule has 0 spiro atoms. The van der Waals surface area contributed by atoms with Crippen molar-refractivity contribution in [3.8, 4) is 0 Å². The number of non-ortho nitro benzene ring substituents is 1. The molecule has 0 amide bonds. The summed E-state index contributed by atoms with van der Waals surface area (Å²) in [6, 6.07) is 5.33. The average molecular weight is 258 g/mol. The van der Waals surface area contributed by atoms with Gasteiger partial charge in [0, 0.05) is 17.6 Å². The number of aromatic amines is 1. The molecule has 1 aromatic heterocycles. The van der Waals surface area contributed by atoms with E-state index in [1.54, 1.807) is 12.1 Å². The molecule has 4 nitrogen and oxygen atoms in total. The Morgan fingerprint density at radius 2 is 2.00 bits per heavy atom. The Bertz CT molecular complexity index is 610. The Morgan fingerprint density at radius 1 is 1.26 bits per heavy atom. The Kier molecular flexibility index (Phi) is 3.01. The van der Waals surface area contributed by atoms with Gasteiger partial charge < -0.3 is 4.98 Å². The molecular weight excluding hydrogens is 240 g/mol. The molecule has 100 valence electrons. The maximum Gasteiger partial charge on any atom is 0.293 e. The lowest BCUT2D eigenvalue weighted by atomic mass is 9.79. The molecular formula is C15H18N2O2. The fraction of sp³-hybridized carbons (Fsp3) is 0.467. The quantitative estimate of drug-likeness (QED) is 0.642. The van der Waals surface area contributed by atoms with E-state index in [-0.39, 0.29) is 10.6 Å². The number of nitro benzene ring substituents is 1. The van der Waals surface area contributed by atoms with Crippen LogP contribution in [0.5, 0.6) is 0 Å². The number of hydrogen-bond donors (Lipinski definition) is 1. The first-order valence-electron chi connectivity index (χ1n) is 6.91. The van der Waals surface area contributed by atoms with E-state index in [9.17, 15) is 10.1 Å². The van der Waals surface area contributed by atoms with Crippen LogP contribution in [0, 0.1) is 16.0 Å². The van der Waals surface area contributed by atoms with Gasteiger partial charge in [-0.2, -0.15) is 0 Å². The third-order valence-electron chi connectivity index (χ3n) is 4.38. The monoisotopic (exact) mass is 258 g/mol. The Balaban J connectivity index is 2.01. The van der Waals surface area contributed by atoms with E-state index in [1.807, 2.05) is 12.3 Å². The molecule has 1 fully saturated rings. The number of nitrogens with one attached hydrogen (secondary N) is 1. The number of H-pyrrole nitrogens is 1. The van der Waals surface area contributed by atoms with Gasteiger partial charge in [0.05, 0.1) is 4.92 Å². The van der Waals surface area contributed by atoms with Crippen LogP contribution < -0.4 is 0 Å². The highest BCUT2D eigenvalue weighted by atomic mass is 16.6. The number of aromatic nitrogens is 1. The standard InChI is InChI=1S/C15H18N2O2/c1-10-5-7-11(8-6-10)13-9-16-15-12(13)3-2-4-14(15)17(18)19/h2-4,9-11,16H,5-8H2,1H3. The van der Waals surface area contributed by atoms with Crippen LogP contribution in [0.4, 0.5) is 5.69 Å². The first-order chi connectivity index (χ1) is 9.16. The summed E-state index contributed by atoms with van der Waals surface area (Å²) in [5.41, 5.74) is 2.10. The molecule has 0 bridgehead atoms. The number of fused-ring (bicyclic) bond motifs is 1. The van der Waals surface area contributed by atoms with Crippen LogP contribution in [0.15, 0.2) is 24.4 Å². The molecule has 1 aromatic carbocycles. The highest BCUT2D eigenvalue weighted by Gasteiger charge is 2.24. The van der Waals surface area contributed by atoms with Gasteiger partial charge in [0.2, 0.25) is 0 Å². The van der Waals surface area contributed by atoms with E-state index < -0.39 is 0 Å². The number of rotatable bonds is 2. The van der Waals surface area contributed by atoms with Crippen molar-refractivity contribution in [2.24, 2.45) is 5.92 Å². The SMILES string of the molecule is CC1CCC(c2c[nH]c3c([N+](=O)[O-])cccc23)CC1. The van der Waals surface area contributed by atoms with Crippen molar-refractivity contribution in [1.29, 1.82) is 0 Å². The maximum absolute atomic E-state index is 11.0. The molecule has 4 heteroatoms. The van der Waals surface area contributed by atoms with E-state index in [0.29, 0.717) is 11.4 Å². The van der Waals surface area contributed by atoms with Gasteiger partial charge in [-0.15, -0.1) is 0 Å². The molecule has 3 rings (SSSR count). The summed E-state index contributed by atoms with van der Waals surface area (Å²) in [7, 11) is 0. The van der Waals surface area contributed by atoms with E-state index in [1.165, 1.54) is 31.2 Å². The van der Waals surface area contributed by atoms with Crippen molar-refractivity contribution in [2.45, 2.75) is 38.5 Å². The Labute approximate surface area is 112 Å². The van der Waals surface area contributed by atoms with Crippen LogP contribution >= 0.6 is 0 Å². The van der Waals surface area contributed by atoms with Crippen molar-refractivity contribution >= 4 is 16.6 Å². The van der Waals surface area contributed by atoms with Gasteiger partial charge in [-0.3, -0.25) is 10.1 Å². The molecule has 2 aromatic rings. The Morgan fingerprint density at radius 3 is 2.68 bits per heavy atom. The minimum Gasteiger partial charge on any atom is -0.355 e. The second kappa shape index (κ2) is 4.68. The molecule has 1 aliphatic rings. The molecule has 1 heterocycles. The fourth-order valence-corrected chi connectivity index (χ4v) is 3.22. The highest BCUT2D eigenvalue weighted by molar-refractivity contribution is 5.90. The van der Waals surface area contributed by atoms with E-state index in [0.717, 1.165) is 11.3 Å². The number of nitro groups is 1. The predicted molar refractivity (Wildman–Crippen MR) is 75.3 cm³/mol. The zero-order valence-electron chi connectivity index (χ0n) is 11.1. The van der Waals surface area contributed by atoms with Crippen molar-refractivity contribution in [2.75, 3.05) is 0 Å². The lowest BCUT2D eigenvalue weighted by Gasteiger charge is -2.25. The van der Waals surface area contributed by atoms with Gasteiger partial charge in [-0.1, -0.05) is 31.9 Å². The summed E-state index contributed by atoms with van der Waals surface area (Å²) in [6.07, 6.45) is 6.87. The van der Waals surface area contributed by atoms with Gasteiger partial charge in [-0.25, -0.2) is 0 Å². The molecule has 0 saturated heterocycles. The topological polar surface area (TPSA) is 58.9 Å². The molecule has 0 radical (unpaired) electrons. The molecule has 1 aliphatic carbocycles. The summed E-state index contributed by atoms with van der Waals surface area (Å²) in [5.74, 6) is 1.36. The van der Waals surface area contributed by atoms with Gasteiger partial charge in [0.25, 0.3) is 5.69 Å². The number of benzene rings is 1. The van der Waals surface area contributed by atoms with Crippen LogP contribution in [-0.2, 0) is 0 Å². The number of hydrogen-bond acceptors (Lipinski definition) is 2. The number of para-hydroxylation sites is 1. The van der Waals surface area contributed by atoms with Crippen LogP contribution in [-0.4, -0.2) is 9.91 Å². The fourth-order valence-electron chi connectivity index (χ4n) is 3.22. The molecule has 0 atom stereocenters. The normalized spacial score (nSPS) is 23.6. The van der Waals surface area contributed by atoms with Gasteiger partial charge in [-0.05, 0) is 30.2 Å². The first-order valence-corrected chi connectivity index (χ1v) is 6.91. The zero-order chi connectivity index (χ0) is 13.4. The summed E-state index contributed by atoms with van der Waals surface area (Å²) in [4.78, 5) is 13.8. The van der Waals surface area contributed by atoms with E-state index >= 15 is 0 Å². The minimum atomic E-state index is -0.314. The smallest absolute Gasteiger partial charge is 0.293 e. The van der Waals surface area contributed by atoms with Crippen LogP contribution in [0.25, 0.3) is 10.9 Å². The van der Waals surface area contributed by atoms with Crippen molar-refractivity contribution in [3.05, 3.63) is 40.1 Å². The third kappa shape index (κ3) is 2.11. The van der Waals surface area contributed by atoms with Crippen LogP contribution in [0.3, 0.4) is 0 Å². The number of nitrogens with zero attached hydrogens (tertiary/aromatic N) is 1. The van der Waals surface area contributed by atoms with Gasteiger partial charge in [0.1, 0.15) is 5.52 Å². The second-order valence-electron chi connectivity index (χ2n) is 5.66. The minimum absolute atomic E-state index is 0.174. The third-order valence-corrected chi connectivity index (χ3v) is 4.38. The second-order valence-corrected chi connectivity index (χ2v) is 5.66. The van der Waals surface area contributed by atoms with Crippen molar-refractivity contribution in [1.82, 2.24) is 4.98 Å². The van der Waals surface area contributed by atoms with Crippen LogP contribution in [0.2, 0.25) is 0 Å². The molecule has 0 aliphatic heterocycles. The Hall–Kier alpha value is -1.84. The molecule has 0 unspecified atom stereocenters.